The highest BCUT2D eigenvalue weighted by Crippen LogP contribution is 2.43. The summed E-state index contributed by atoms with van der Waals surface area (Å²) in [7, 11) is 0. The standard InChI is InChI=1S/C20H21NO/c22-18-6-3-4-16(14-18)15-21-12-10-20(11-13-21)9-8-17-5-1-2-7-19(17)20/h1-9,14,22H,10-13,15H2. The van der Waals surface area contributed by atoms with Gasteiger partial charge in [-0.2, -0.15) is 0 Å². The van der Waals surface area contributed by atoms with E-state index in [2.05, 4.69) is 47.4 Å². The van der Waals surface area contributed by atoms with E-state index in [0.717, 1.165) is 19.6 Å². The van der Waals surface area contributed by atoms with Crippen LogP contribution in [0.1, 0.15) is 29.5 Å². The molecule has 0 aromatic heterocycles. The Hall–Kier alpha value is -2.06. The van der Waals surface area contributed by atoms with Crippen molar-refractivity contribution in [1.29, 1.82) is 0 Å². The van der Waals surface area contributed by atoms with Crippen LogP contribution in [0.5, 0.6) is 5.75 Å². The molecule has 1 fully saturated rings. The van der Waals surface area contributed by atoms with Crippen molar-refractivity contribution in [3.05, 3.63) is 71.3 Å². The van der Waals surface area contributed by atoms with Gasteiger partial charge in [-0.15, -0.1) is 0 Å². The second-order valence-corrected chi connectivity index (χ2v) is 6.52. The molecule has 1 N–H and O–H groups in total. The molecule has 0 radical (unpaired) electrons. The lowest BCUT2D eigenvalue weighted by Crippen LogP contribution is -2.40. The molecule has 1 saturated heterocycles. The zero-order chi connectivity index (χ0) is 15.0. The molecule has 4 rings (SSSR count). The lowest BCUT2D eigenvalue weighted by atomic mass is 9.74. The Balaban J connectivity index is 1.46. The summed E-state index contributed by atoms with van der Waals surface area (Å²) in [6.07, 6.45) is 7.07. The minimum Gasteiger partial charge on any atom is -0.508 e. The van der Waals surface area contributed by atoms with Crippen LogP contribution in [0, 0.1) is 0 Å². The molecule has 1 aliphatic heterocycles. The molecular formula is C20H21NO. The van der Waals surface area contributed by atoms with Crippen molar-refractivity contribution in [2.75, 3.05) is 13.1 Å². The predicted molar refractivity (Wildman–Crippen MR) is 89.8 cm³/mol. The summed E-state index contributed by atoms with van der Waals surface area (Å²) in [4.78, 5) is 2.49. The molecular weight excluding hydrogens is 270 g/mol. The van der Waals surface area contributed by atoms with Gasteiger partial charge in [0.25, 0.3) is 0 Å². The lowest BCUT2D eigenvalue weighted by Gasteiger charge is -2.39. The van der Waals surface area contributed by atoms with Gasteiger partial charge in [-0.1, -0.05) is 48.6 Å². The van der Waals surface area contributed by atoms with Crippen LogP contribution in [0.4, 0.5) is 0 Å². The minimum absolute atomic E-state index is 0.256. The van der Waals surface area contributed by atoms with Crippen molar-refractivity contribution < 1.29 is 5.11 Å². The topological polar surface area (TPSA) is 23.5 Å². The van der Waals surface area contributed by atoms with Crippen LogP contribution >= 0.6 is 0 Å². The number of hydrogen-bond donors (Lipinski definition) is 1. The summed E-state index contributed by atoms with van der Waals surface area (Å²) >= 11 is 0. The average molecular weight is 291 g/mol. The normalized spacial score (nSPS) is 19.5. The molecule has 2 aromatic carbocycles. The van der Waals surface area contributed by atoms with E-state index in [0.29, 0.717) is 5.75 Å². The van der Waals surface area contributed by atoms with Crippen molar-refractivity contribution in [1.82, 2.24) is 4.90 Å². The zero-order valence-electron chi connectivity index (χ0n) is 12.7. The van der Waals surface area contributed by atoms with Gasteiger partial charge < -0.3 is 5.11 Å². The van der Waals surface area contributed by atoms with Crippen molar-refractivity contribution in [3.8, 4) is 5.75 Å². The third-order valence-corrected chi connectivity index (χ3v) is 5.14. The largest absolute Gasteiger partial charge is 0.508 e. The summed E-state index contributed by atoms with van der Waals surface area (Å²) in [5.41, 5.74) is 4.35. The van der Waals surface area contributed by atoms with Crippen molar-refractivity contribution in [2.24, 2.45) is 0 Å². The van der Waals surface area contributed by atoms with Crippen LogP contribution < -0.4 is 0 Å². The number of rotatable bonds is 2. The molecule has 0 bridgehead atoms. The number of fused-ring (bicyclic) bond motifs is 2. The number of allylic oxidation sites excluding steroid dienone is 1. The van der Waals surface area contributed by atoms with Gasteiger partial charge in [0.05, 0.1) is 0 Å². The first-order chi connectivity index (χ1) is 10.8. The van der Waals surface area contributed by atoms with Gasteiger partial charge in [0.2, 0.25) is 0 Å². The highest BCUT2D eigenvalue weighted by atomic mass is 16.3. The maximum absolute atomic E-state index is 9.59. The average Bonchev–Trinajstić information content (AvgIpc) is 2.89. The van der Waals surface area contributed by atoms with E-state index in [9.17, 15) is 5.11 Å². The molecule has 2 heteroatoms. The molecule has 2 aliphatic rings. The molecule has 2 aromatic rings. The van der Waals surface area contributed by atoms with Crippen LogP contribution in [0.2, 0.25) is 0 Å². The molecule has 0 saturated carbocycles. The zero-order valence-corrected chi connectivity index (χ0v) is 12.7. The number of phenols is 1. The SMILES string of the molecule is Oc1cccc(CN2CCC3(C=Cc4ccccc43)CC2)c1. The fourth-order valence-corrected chi connectivity index (χ4v) is 3.89. The Labute approximate surface area is 131 Å². The third-order valence-electron chi connectivity index (χ3n) is 5.14. The second kappa shape index (κ2) is 5.29. The Morgan fingerprint density at radius 3 is 2.64 bits per heavy atom. The van der Waals surface area contributed by atoms with Crippen molar-refractivity contribution in [3.63, 3.8) is 0 Å². The van der Waals surface area contributed by atoms with Gasteiger partial charge >= 0.3 is 0 Å². The molecule has 0 unspecified atom stereocenters. The molecule has 1 heterocycles. The number of nitrogens with zero attached hydrogens (tertiary/aromatic N) is 1. The van der Waals surface area contributed by atoms with E-state index in [-0.39, 0.29) is 5.41 Å². The number of aromatic hydroxyl groups is 1. The lowest BCUT2D eigenvalue weighted by molar-refractivity contribution is 0.177. The Morgan fingerprint density at radius 1 is 1.00 bits per heavy atom. The smallest absolute Gasteiger partial charge is 0.115 e. The predicted octanol–water partition coefficient (Wildman–Crippen LogP) is 3.95. The number of piperidine rings is 1. The molecule has 1 aliphatic carbocycles. The number of benzene rings is 2. The molecule has 0 atom stereocenters. The first-order valence-electron chi connectivity index (χ1n) is 8.04. The highest BCUT2D eigenvalue weighted by Gasteiger charge is 2.37. The van der Waals surface area contributed by atoms with Gasteiger partial charge in [0.15, 0.2) is 0 Å². The summed E-state index contributed by atoms with van der Waals surface area (Å²) in [5, 5.41) is 9.59. The first kappa shape index (κ1) is 13.6. The van der Waals surface area contributed by atoms with E-state index in [1.165, 1.54) is 29.5 Å². The van der Waals surface area contributed by atoms with E-state index in [4.69, 9.17) is 0 Å². The summed E-state index contributed by atoms with van der Waals surface area (Å²) < 4.78 is 0. The minimum atomic E-state index is 0.256. The van der Waals surface area contributed by atoms with Gasteiger partial charge in [-0.3, -0.25) is 4.90 Å². The number of hydrogen-bond acceptors (Lipinski definition) is 2. The van der Waals surface area contributed by atoms with Gasteiger partial charge in [-0.05, 0) is 54.8 Å². The van der Waals surface area contributed by atoms with Crippen LogP contribution in [0.25, 0.3) is 6.08 Å². The second-order valence-electron chi connectivity index (χ2n) is 6.52. The molecule has 1 spiro atoms. The summed E-state index contributed by atoms with van der Waals surface area (Å²) in [5.74, 6) is 0.360. The molecule has 0 amide bonds. The number of likely N-dealkylation sites (tertiary alicyclic amines) is 1. The Kier molecular flexibility index (Phi) is 3.27. The maximum atomic E-state index is 9.59. The maximum Gasteiger partial charge on any atom is 0.115 e. The fourth-order valence-electron chi connectivity index (χ4n) is 3.89. The van der Waals surface area contributed by atoms with E-state index < -0.39 is 0 Å². The van der Waals surface area contributed by atoms with Crippen LogP contribution in [-0.2, 0) is 12.0 Å². The van der Waals surface area contributed by atoms with Crippen LogP contribution in [-0.4, -0.2) is 23.1 Å². The Morgan fingerprint density at radius 2 is 1.82 bits per heavy atom. The van der Waals surface area contributed by atoms with Crippen LogP contribution in [0.15, 0.2) is 54.6 Å². The van der Waals surface area contributed by atoms with Gasteiger partial charge in [0.1, 0.15) is 5.75 Å². The molecule has 112 valence electrons. The third kappa shape index (κ3) is 2.34. The van der Waals surface area contributed by atoms with Crippen LogP contribution in [0.3, 0.4) is 0 Å². The van der Waals surface area contributed by atoms with Gasteiger partial charge in [-0.25, -0.2) is 0 Å². The van der Waals surface area contributed by atoms with Crippen molar-refractivity contribution >= 4 is 6.08 Å². The highest BCUT2D eigenvalue weighted by molar-refractivity contribution is 5.65. The number of phenolic OH excluding ortho intramolecular Hbond substituents is 1. The molecule has 2 nitrogen and oxygen atoms in total. The monoisotopic (exact) mass is 291 g/mol. The van der Waals surface area contributed by atoms with Gasteiger partial charge in [0, 0.05) is 12.0 Å². The first-order valence-corrected chi connectivity index (χ1v) is 8.04. The quantitative estimate of drug-likeness (QED) is 0.905. The van der Waals surface area contributed by atoms with E-state index in [1.54, 1.807) is 6.07 Å². The van der Waals surface area contributed by atoms with E-state index in [1.807, 2.05) is 12.1 Å². The van der Waals surface area contributed by atoms with Crippen molar-refractivity contribution in [2.45, 2.75) is 24.8 Å². The fraction of sp³-hybridized carbons (Fsp3) is 0.300. The Bertz CT molecular complexity index is 711. The van der Waals surface area contributed by atoms with E-state index >= 15 is 0 Å². The molecule has 22 heavy (non-hydrogen) atoms. The summed E-state index contributed by atoms with van der Waals surface area (Å²) in [6, 6.07) is 16.4. The summed E-state index contributed by atoms with van der Waals surface area (Å²) in [6.45, 7) is 3.14.